The lowest BCUT2D eigenvalue weighted by molar-refractivity contribution is -0.115. The minimum Gasteiger partial charge on any atom is -0.326 e. The van der Waals surface area contributed by atoms with E-state index in [0.29, 0.717) is 12.1 Å². The maximum Gasteiger partial charge on any atom is 0.228 e. The van der Waals surface area contributed by atoms with Crippen molar-refractivity contribution in [3.63, 3.8) is 0 Å². The van der Waals surface area contributed by atoms with E-state index < -0.39 is 5.95 Å². The van der Waals surface area contributed by atoms with Gasteiger partial charge in [0.25, 0.3) is 0 Å². The highest BCUT2D eigenvalue weighted by Crippen LogP contribution is 2.33. The molecule has 0 bridgehead atoms. The van der Waals surface area contributed by atoms with Crippen molar-refractivity contribution in [1.82, 2.24) is 9.55 Å². The van der Waals surface area contributed by atoms with Gasteiger partial charge in [0.1, 0.15) is 11.5 Å². The quantitative estimate of drug-likeness (QED) is 0.536. The Morgan fingerprint density at radius 1 is 0.963 bits per heavy atom. The maximum absolute atomic E-state index is 13.8. The third kappa shape index (κ3) is 2.57. The van der Waals surface area contributed by atoms with Gasteiger partial charge in [-0.2, -0.15) is 4.39 Å². The van der Waals surface area contributed by atoms with Crippen LogP contribution in [0.4, 0.5) is 14.5 Å². The number of hydrogen-bond acceptors (Lipinski definition) is 2. The largest absolute Gasteiger partial charge is 0.326 e. The van der Waals surface area contributed by atoms with Crippen molar-refractivity contribution in [3.05, 3.63) is 78.0 Å². The number of aromatic nitrogens is 2. The average molecular weight is 361 g/mol. The van der Waals surface area contributed by atoms with Gasteiger partial charge in [0.2, 0.25) is 11.9 Å². The summed E-state index contributed by atoms with van der Waals surface area (Å²) in [5.74, 6) is -0.958. The third-order valence-corrected chi connectivity index (χ3v) is 4.73. The summed E-state index contributed by atoms with van der Waals surface area (Å²) < 4.78 is 29.0. The smallest absolute Gasteiger partial charge is 0.228 e. The molecule has 3 heterocycles. The number of amides is 1. The number of halogens is 2. The maximum atomic E-state index is 13.8. The van der Waals surface area contributed by atoms with E-state index in [1.165, 1.54) is 18.2 Å². The van der Waals surface area contributed by atoms with E-state index in [1.54, 1.807) is 18.2 Å². The first-order valence-electron chi connectivity index (χ1n) is 8.45. The number of nitrogens with one attached hydrogen (secondary N) is 1. The van der Waals surface area contributed by atoms with Crippen LogP contribution in [0.25, 0.3) is 28.0 Å². The number of benzene rings is 2. The highest BCUT2D eigenvalue weighted by Gasteiger charge is 2.20. The van der Waals surface area contributed by atoms with Gasteiger partial charge in [-0.15, -0.1) is 0 Å². The molecule has 0 atom stereocenters. The third-order valence-electron chi connectivity index (χ3n) is 4.73. The van der Waals surface area contributed by atoms with Crippen LogP contribution in [-0.4, -0.2) is 15.5 Å². The minimum atomic E-state index is -0.578. The molecule has 1 amide bonds. The molecule has 1 aliphatic rings. The van der Waals surface area contributed by atoms with Gasteiger partial charge in [-0.1, -0.05) is 0 Å². The van der Waals surface area contributed by atoms with E-state index in [1.807, 2.05) is 28.8 Å². The fourth-order valence-corrected chi connectivity index (χ4v) is 3.50. The van der Waals surface area contributed by atoms with E-state index in [4.69, 9.17) is 0 Å². The van der Waals surface area contributed by atoms with Crippen LogP contribution in [-0.2, 0) is 11.2 Å². The molecule has 0 unspecified atom stereocenters. The molecule has 2 aromatic heterocycles. The van der Waals surface area contributed by atoms with Crippen LogP contribution in [0.1, 0.15) is 5.56 Å². The zero-order chi connectivity index (χ0) is 18.5. The molecule has 132 valence electrons. The summed E-state index contributed by atoms with van der Waals surface area (Å²) in [6.07, 6.45) is 0.302. The predicted octanol–water partition coefficient (Wildman–Crippen LogP) is 4.47. The Morgan fingerprint density at radius 2 is 1.78 bits per heavy atom. The molecule has 0 saturated heterocycles. The van der Waals surface area contributed by atoms with Crippen LogP contribution in [0, 0.1) is 11.8 Å². The number of carbonyl (C=O) groups is 1. The second-order valence-electron chi connectivity index (χ2n) is 6.49. The van der Waals surface area contributed by atoms with Crippen molar-refractivity contribution in [1.29, 1.82) is 0 Å². The fraction of sp³-hybridized carbons (Fsp3) is 0.0476. The second kappa shape index (κ2) is 5.74. The Bertz CT molecular complexity index is 1210. The lowest BCUT2D eigenvalue weighted by atomic mass is 10.1. The van der Waals surface area contributed by atoms with Gasteiger partial charge in [-0.3, -0.25) is 9.36 Å². The molecule has 4 nitrogen and oxygen atoms in total. The molecule has 0 aliphatic carbocycles. The molecule has 4 aromatic rings. The van der Waals surface area contributed by atoms with Crippen LogP contribution in [0.15, 0.2) is 60.7 Å². The zero-order valence-electron chi connectivity index (χ0n) is 14.0. The van der Waals surface area contributed by atoms with Crippen LogP contribution < -0.4 is 5.32 Å². The van der Waals surface area contributed by atoms with Crippen molar-refractivity contribution >= 4 is 22.6 Å². The van der Waals surface area contributed by atoms with E-state index in [9.17, 15) is 13.6 Å². The number of carbonyl (C=O) groups excluding carboxylic acids is 1. The standard InChI is InChI=1S/C21H13F2N3O/c22-15-4-1-12(2-5-15)18-10-13-3-8-19(23)25-21(13)26(18)16-6-7-17-14(9-16)11-20(27)24-17/h1-10H,11H2,(H,24,27). The molecule has 27 heavy (non-hydrogen) atoms. The minimum absolute atomic E-state index is 0.0533. The highest BCUT2D eigenvalue weighted by molar-refractivity contribution is 5.99. The first-order valence-corrected chi connectivity index (χ1v) is 8.45. The predicted molar refractivity (Wildman–Crippen MR) is 98.8 cm³/mol. The topological polar surface area (TPSA) is 46.9 Å². The molecule has 2 aromatic carbocycles. The van der Waals surface area contributed by atoms with Crippen molar-refractivity contribution < 1.29 is 13.6 Å². The van der Waals surface area contributed by atoms with Gasteiger partial charge in [-0.05, 0) is 71.8 Å². The van der Waals surface area contributed by atoms with E-state index >= 15 is 0 Å². The van der Waals surface area contributed by atoms with E-state index in [0.717, 1.165) is 33.6 Å². The average Bonchev–Trinajstić information content (AvgIpc) is 3.20. The Balaban J connectivity index is 1.78. The molecule has 1 aliphatic heterocycles. The highest BCUT2D eigenvalue weighted by atomic mass is 19.1. The Morgan fingerprint density at radius 3 is 2.59 bits per heavy atom. The first-order chi connectivity index (χ1) is 13.1. The lowest BCUT2D eigenvalue weighted by Crippen LogP contribution is -2.03. The molecular weight excluding hydrogens is 348 g/mol. The first kappa shape index (κ1) is 15.7. The molecule has 0 radical (unpaired) electrons. The van der Waals surface area contributed by atoms with Crippen LogP contribution in [0.3, 0.4) is 0 Å². The summed E-state index contributed by atoms with van der Waals surface area (Å²) in [6, 6.07) is 16.6. The van der Waals surface area contributed by atoms with Gasteiger partial charge in [0.15, 0.2) is 0 Å². The number of fused-ring (bicyclic) bond motifs is 2. The van der Waals surface area contributed by atoms with Gasteiger partial charge in [0, 0.05) is 16.8 Å². The van der Waals surface area contributed by atoms with Gasteiger partial charge in [0.05, 0.1) is 12.1 Å². The van der Waals surface area contributed by atoms with Crippen molar-refractivity contribution in [2.75, 3.05) is 5.32 Å². The van der Waals surface area contributed by atoms with E-state index in [2.05, 4.69) is 10.3 Å². The second-order valence-corrected chi connectivity index (χ2v) is 6.49. The van der Waals surface area contributed by atoms with Crippen LogP contribution in [0.5, 0.6) is 0 Å². The van der Waals surface area contributed by atoms with Crippen molar-refractivity contribution in [2.24, 2.45) is 0 Å². The summed E-state index contributed by atoms with van der Waals surface area (Å²) in [7, 11) is 0. The fourth-order valence-electron chi connectivity index (χ4n) is 3.50. The van der Waals surface area contributed by atoms with Gasteiger partial charge in [-0.25, -0.2) is 9.37 Å². The van der Waals surface area contributed by atoms with Crippen molar-refractivity contribution in [3.8, 4) is 16.9 Å². The van der Waals surface area contributed by atoms with E-state index in [-0.39, 0.29) is 11.7 Å². The Labute approximate surface area is 153 Å². The van der Waals surface area contributed by atoms with Crippen molar-refractivity contribution in [2.45, 2.75) is 6.42 Å². The number of hydrogen-bond donors (Lipinski definition) is 1. The summed E-state index contributed by atoms with van der Waals surface area (Å²) in [5, 5.41) is 3.57. The Hall–Kier alpha value is -3.54. The molecular formula is C21H13F2N3O. The summed E-state index contributed by atoms with van der Waals surface area (Å²) >= 11 is 0. The number of anilines is 1. The molecule has 0 saturated carbocycles. The number of pyridine rings is 1. The lowest BCUT2D eigenvalue weighted by Gasteiger charge is -2.12. The summed E-state index contributed by atoms with van der Waals surface area (Å²) in [6.45, 7) is 0. The molecule has 0 fully saturated rings. The van der Waals surface area contributed by atoms with Gasteiger partial charge < -0.3 is 5.32 Å². The van der Waals surface area contributed by atoms with Crippen LogP contribution in [0.2, 0.25) is 0 Å². The Kier molecular flexibility index (Phi) is 3.33. The van der Waals surface area contributed by atoms with Gasteiger partial charge >= 0.3 is 0 Å². The molecule has 5 rings (SSSR count). The molecule has 6 heteroatoms. The number of rotatable bonds is 2. The summed E-state index contributed by atoms with van der Waals surface area (Å²) in [5.41, 5.74) is 4.43. The monoisotopic (exact) mass is 361 g/mol. The molecule has 1 N–H and O–H groups in total. The van der Waals surface area contributed by atoms with Crippen LogP contribution >= 0.6 is 0 Å². The SMILES string of the molecule is O=C1Cc2cc(-n3c(-c4ccc(F)cc4)cc4ccc(F)nc43)ccc2N1. The summed E-state index contributed by atoms with van der Waals surface area (Å²) in [4.78, 5) is 15.7. The zero-order valence-corrected chi connectivity index (χ0v) is 14.0. The number of nitrogens with zero attached hydrogens (tertiary/aromatic N) is 2. The normalized spacial score (nSPS) is 13.0. The molecule has 0 spiro atoms.